The first kappa shape index (κ1) is 23.9. The van der Waals surface area contributed by atoms with Crippen LogP contribution >= 0.6 is 0 Å². The number of nitrogens with zero attached hydrogens (tertiary/aromatic N) is 3. The van der Waals surface area contributed by atoms with E-state index in [1.165, 1.54) is 19.4 Å². The van der Waals surface area contributed by atoms with E-state index in [1.807, 2.05) is 6.07 Å². The summed E-state index contributed by atoms with van der Waals surface area (Å²) < 4.78 is 11.9. The molecule has 2 saturated heterocycles. The maximum atomic E-state index is 6.10. The zero-order valence-electron chi connectivity index (χ0n) is 21.5. The van der Waals surface area contributed by atoms with E-state index in [4.69, 9.17) is 9.47 Å². The van der Waals surface area contributed by atoms with Gasteiger partial charge in [0.25, 0.3) is 0 Å². The molecule has 2 unspecified atom stereocenters. The predicted molar refractivity (Wildman–Crippen MR) is 148 cm³/mol. The molecule has 2 aromatic carbocycles. The molecule has 37 heavy (non-hydrogen) atoms. The second-order valence-electron chi connectivity index (χ2n) is 10.1. The van der Waals surface area contributed by atoms with Crippen molar-refractivity contribution in [2.45, 2.75) is 44.2 Å². The van der Waals surface area contributed by atoms with Gasteiger partial charge in [-0.3, -0.25) is 0 Å². The number of likely N-dealkylation sites (tertiary alicyclic amines) is 1. The Balaban J connectivity index is 1.28. The largest absolute Gasteiger partial charge is 0.494 e. The highest BCUT2D eigenvalue weighted by Gasteiger charge is 2.22. The molecule has 2 atom stereocenters. The minimum atomic E-state index is 0.227. The number of rotatable bonds is 9. The number of aromatic nitrogens is 3. The molecular weight excluding hydrogens is 462 g/mol. The Morgan fingerprint density at radius 1 is 1.03 bits per heavy atom. The molecule has 0 amide bonds. The van der Waals surface area contributed by atoms with Crippen LogP contribution < -0.4 is 10.1 Å². The van der Waals surface area contributed by atoms with Crippen molar-refractivity contribution >= 4 is 16.9 Å². The van der Waals surface area contributed by atoms with Crippen molar-refractivity contribution in [3.8, 4) is 28.1 Å². The molecule has 192 valence electrons. The fourth-order valence-electron chi connectivity index (χ4n) is 5.66. The van der Waals surface area contributed by atoms with Gasteiger partial charge in [0.05, 0.1) is 23.8 Å². The Labute approximate surface area is 218 Å². The molecule has 2 aliphatic heterocycles. The maximum Gasteiger partial charge on any atom is 0.143 e. The molecule has 0 saturated carbocycles. The Hall–Kier alpha value is -3.42. The van der Waals surface area contributed by atoms with E-state index in [2.05, 4.69) is 80.7 Å². The lowest BCUT2D eigenvalue weighted by Crippen LogP contribution is -2.26. The second-order valence-corrected chi connectivity index (χ2v) is 10.1. The van der Waals surface area contributed by atoms with Crippen LogP contribution in [0.25, 0.3) is 33.4 Å². The summed E-state index contributed by atoms with van der Waals surface area (Å²) >= 11 is 0. The van der Waals surface area contributed by atoms with Crippen LogP contribution in [-0.2, 0) is 4.74 Å². The second kappa shape index (κ2) is 10.9. The first-order valence-electron chi connectivity index (χ1n) is 13.5. The molecule has 0 bridgehead atoms. The van der Waals surface area contributed by atoms with Gasteiger partial charge in [0.2, 0.25) is 0 Å². The van der Waals surface area contributed by atoms with Crippen molar-refractivity contribution in [3.63, 3.8) is 0 Å². The summed E-state index contributed by atoms with van der Waals surface area (Å²) in [6.45, 7) is 3.52. The van der Waals surface area contributed by atoms with Gasteiger partial charge in [-0.1, -0.05) is 30.3 Å². The highest BCUT2D eigenvalue weighted by atomic mass is 16.5. The number of benzene rings is 2. The van der Waals surface area contributed by atoms with E-state index in [0.29, 0.717) is 6.04 Å². The quantitative estimate of drug-likeness (QED) is 0.307. The molecule has 2 aliphatic rings. The van der Waals surface area contributed by atoms with Crippen molar-refractivity contribution in [2.75, 3.05) is 38.7 Å². The van der Waals surface area contributed by atoms with Gasteiger partial charge in [0.15, 0.2) is 0 Å². The number of ether oxygens (including phenoxy) is 2. The monoisotopic (exact) mass is 497 g/mol. The van der Waals surface area contributed by atoms with Crippen molar-refractivity contribution in [1.82, 2.24) is 19.9 Å². The number of nitrogens with one attached hydrogen (secondary N) is 2. The zero-order valence-corrected chi connectivity index (χ0v) is 21.5. The van der Waals surface area contributed by atoms with Gasteiger partial charge in [0.1, 0.15) is 23.5 Å². The molecule has 6 rings (SSSR count). The summed E-state index contributed by atoms with van der Waals surface area (Å²) in [6, 6.07) is 19.5. The molecule has 4 aromatic rings. The van der Waals surface area contributed by atoms with Crippen LogP contribution in [0.1, 0.15) is 32.1 Å². The number of aromatic amines is 1. The Morgan fingerprint density at radius 3 is 2.65 bits per heavy atom. The molecule has 0 radical (unpaired) electrons. The van der Waals surface area contributed by atoms with Crippen LogP contribution in [0.5, 0.6) is 5.75 Å². The minimum Gasteiger partial charge on any atom is -0.494 e. The average molecular weight is 498 g/mol. The van der Waals surface area contributed by atoms with Gasteiger partial charge in [-0.25, -0.2) is 9.97 Å². The highest BCUT2D eigenvalue weighted by molar-refractivity contribution is 6.07. The fourth-order valence-corrected chi connectivity index (χ4v) is 5.66. The van der Waals surface area contributed by atoms with E-state index in [-0.39, 0.29) is 6.10 Å². The molecule has 0 spiro atoms. The van der Waals surface area contributed by atoms with Crippen LogP contribution in [0, 0.1) is 0 Å². The number of anilines is 1. The van der Waals surface area contributed by atoms with E-state index in [1.54, 1.807) is 6.33 Å². The molecule has 4 heterocycles. The van der Waals surface area contributed by atoms with Gasteiger partial charge >= 0.3 is 0 Å². The van der Waals surface area contributed by atoms with Gasteiger partial charge in [-0.15, -0.1) is 0 Å². The Bertz CT molecular complexity index is 1320. The van der Waals surface area contributed by atoms with Crippen molar-refractivity contribution in [2.24, 2.45) is 0 Å². The van der Waals surface area contributed by atoms with E-state index >= 15 is 0 Å². The fraction of sp³-hybridized carbons (Fsp3) is 0.400. The SMILES string of the molecule is CN1CCCC1CCOc1ccc(-c2[nH]c3ncnc(NCC4CCCO4)c3c2-c2ccccc2)cc1. The minimum absolute atomic E-state index is 0.227. The summed E-state index contributed by atoms with van der Waals surface area (Å²) in [6.07, 6.45) is 7.68. The third kappa shape index (κ3) is 5.20. The summed E-state index contributed by atoms with van der Waals surface area (Å²) in [5.41, 5.74) is 5.16. The Kier molecular flexibility index (Phi) is 7.06. The maximum absolute atomic E-state index is 6.10. The topological polar surface area (TPSA) is 75.3 Å². The summed E-state index contributed by atoms with van der Waals surface area (Å²) in [5.74, 6) is 1.74. The lowest BCUT2D eigenvalue weighted by Gasteiger charge is -2.19. The summed E-state index contributed by atoms with van der Waals surface area (Å²) in [4.78, 5) is 15.2. The molecule has 7 nitrogen and oxygen atoms in total. The number of H-pyrrole nitrogens is 1. The zero-order chi connectivity index (χ0) is 25.0. The molecular formula is C30H35N5O2. The molecule has 2 N–H and O–H groups in total. The van der Waals surface area contributed by atoms with Gasteiger partial charge in [0, 0.05) is 24.8 Å². The lowest BCUT2D eigenvalue weighted by atomic mass is 9.99. The number of hydrogen-bond donors (Lipinski definition) is 2. The van der Waals surface area contributed by atoms with Crippen LogP contribution in [0.2, 0.25) is 0 Å². The van der Waals surface area contributed by atoms with Gasteiger partial charge in [-0.05, 0) is 81.1 Å². The van der Waals surface area contributed by atoms with Crippen molar-refractivity contribution in [3.05, 3.63) is 60.9 Å². The standard InChI is InChI=1S/C30H35N5O2/c1-35-16-5-9-23(35)15-18-37-24-13-11-22(12-14-24)28-26(21-7-3-2-4-8-21)27-29(32-20-33-30(27)34-28)31-19-25-10-6-17-36-25/h2-4,7-8,11-14,20,23,25H,5-6,9-10,15-19H2,1H3,(H2,31,32,33,34). The van der Waals surface area contributed by atoms with E-state index in [9.17, 15) is 0 Å². The first-order chi connectivity index (χ1) is 18.3. The van der Waals surface area contributed by atoms with Crippen LogP contribution in [-0.4, -0.2) is 65.3 Å². The predicted octanol–water partition coefficient (Wildman–Crippen LogP) is 5.75. The first-order valence-corrected chi connectivity index (χ1v) is 13.5. The summed E-state index contributed by atoms with van der Waals surface area (Å²) in [5, 5.41) is 4.55. The van der Waals surface area contributed by atoms with Gasteiger partial charge in [-0.2, -0.15) is 0 Å². The van der Waals surface area contributed by atoms with Crippen LogP contribution in [0.15, 0.2) is 60.9 Å². The lowest BCUT2D eigenvalue weighted by molar-refractivity contribution is 0.120. The number of fused-ring (bicyclic) bond motifs is 1. The normalized spacial score (nSPS) is 20.0. The van der Waals surface area contributed by atoms with Crippen LogP contribution in [0.4, 0.5) is 5.82 Å². The third-order valence-corrected chi connectivity index (χ3v) is 7.71. The third-order valence-electron chi connectivity index (χ3n) is 7.71. The smallest absolute Gasteiger partial charge is 0.143 e. The highest BCUT2D eigenvalue weighted by Crippen LogP contribution is 2.40. The summed E-state index contributed by atoms with van der Waals surface area (Å²) in [7, 11) is 2.21. The van der Waals surface area contributed by atoms with E-state index in [0.717, 1.165) is 84.0 Å². The molecule has 0 aliphatic carbocycles. The number of hydrogen-bond acceptors (Lipinski definition) is 6. The average Bonchev–Trinajstić information content (AvgIpc) is 3.69. The Morgan fingerprint density at radius 2 is 1.89 bits per heavy atom. The van der Waals surface area contributed by atoms with Crippen molar-refractivity contribution in [1.29, 1.82) is 0 Å². The molecule has 2 fully saturated rings. The van der Waals surface area contributed by atoms with Crippen LogP contribution in [0.3, 0.4) is 0 Å². The van der Waals surface area contributed by atoms with E-state index < -0.39 is 0 Å². The van der Waals surface area contributed by atoms with Gasteiger partial charge < -0.3 is 24.7 Å². The molecule has 7 heteroatoms. The van der Waals surface area contributed by atoms with Crippen molar-refractivity contribution < 1.29 is 9.47 Å². The molecule has 2 aromatic heterocycles.